The predicted molar refractivity (Wildman–Crippen MR) is 41.5 cm³/mol. The molecule has 0 aliphatic heterocycles. The number of nitrogens with two attached hydrogens (primary N) is 1. The highest BCUT2D eigenvalue weighted by Gasteiger charge is 2.11. The third-order valence-electron chi connectivity index (χ3n) is 1.49. The average molecular weight is 144 g/mol. The lowest BCUT2D eigenvalue weighted by atomic mass is 10.0. The Morgan fingerprint density at radius 2 is 2.30 bits per heavy atom. The Bertz CT molecular complexity index is 97.8. The number of primary amides is 1. The monoisotopic (exact) mass is 144 g/mol. The topological polar surface area (TPSA) is 55.1 Å². The van der Waals surface area contributed by atoms with Gasteiger partial charge in [0.2, 0.25) is 5.91 Å². The van der Waals surface area contributed by atoms with Crippen molar-refractivity contribution >= 4 is 5.91 Å². The number of nitrogens with one attached hydrogen (secondary N) is 1. The van der Waals surface area contributed by atoms with Crippen molar-refractivity contribution in [1.29, 1.82) is 0 Å². The lowest BCUT2D eigenvalue weighted by Gasteiger charge is -2.09. The van der Waals surface area contributed by atoms with Crippen LogP contribution in [0.3, 0.4) is 0 Å². The Balaban J connectivity index is 3.61. The third-order valence-corrected chi connectivity index (χ3v) is 1.49. The molecule has 60 valence electrons. The molecule has 0 aromatic heterocycles. The molecule has 0 spiro atoms. The minimum Gasteiger partial charge on any atom is -0.369 e. The Morgan fingerprint density at radius 1 is 1.70 bits per heavy atom. The van der Waals surface area contributed by atoms with Crippen LogP contribution in [0.4, 0.5) is 0 Å². The zero-order valence-electron chi connectivity index (χ0n) is 6.68. The van der Waals surface area contributed by atoms with Gasteiger partial charge in [0, 0.05) is 6.54 Å². The van der Waals surface area contributed by atoms with Crippen LogP contribution >= 0.6 is 0 Å². The van der Waals surface area contributed by atoms with Gasteiger partial charge in [0.15, 0.2) is 0 Å². The number of hydrogen-bond acceptors (Lipinski definition) is 2. The van der Waals surface area contributed by atoms with Crippen molar-refractivity contribution < 1.29 is 4.79 Å². The molecule has 0 aliphatic rings. The maximum Gasteiger partial charge on any atom is 0.221 e. The predicted octanol–water partition coefficient (Wildman–Crippen LogP) is 0.107. The highest BCUT2D eigenvalue weighted by atomic mass is 16.1. The van der Waals surface area contributed by atoms with Crippen molar-refractivity contribution in [2.75, 3.05) is 13.6 Å². The molecular formula is C7H16N2O. The first kappa shape index (κ1) is 9.43. The first-order valence-corrected chi connectivity index (χ1v) is 3.66. The van der Waals surface area contributed by atoms with E-state index in [1.807, 2.05) is 14.0 Å². The summed E-state index contributed by atoms with van der Waals surface area (Å²) in [5.41, 5.74) is 5.13. The van der Waals surface area contributed by atoms with Gasteiger partial charge in [0.1, 0.15) is 0 Å². The summed E-state index contributed by atoms with van der Waals surface area (Å²) in [6.45, 7) is 2.74. The van der Waals surface area contributed by atoms with Gasteiger partial charge in [-0.1, -0.05) is 13.3 Å². The van der Waals surface area contributed by atoms with E-state index in [0.717, 1.165) is 12.8 Å². The number of rotatable bonds is 5. The van der Waals surface area contributed by atoms with E-state index in [4.69, 9.17) is 5.73 Å². The lowest BCUT2D eigenvalue weighted by Crippen LogP contribution is -2.31. The molecule has 0 aromatic rings. The quantitative estimate of drug-likeness (QED) is 0.575. The molecule has 10 heavy (non-hydrogen) atoms. The Hall–Kier alpha value is -0.570. The minimum absolute atomic E-state index is 0.00926. The molecule has 0 aliphatic carbocycles. The van der Waals surface area contributed by atoms with E-state index in [0.29, 0.717) is 6.54 Å². The number of amides is 1. The van der Waals surface area contributed by atoms with Crippen LogP contribution in [0.15, 0.2) is 0 Å². The zero-order valence-corrected chi connectivity index (χ0v) is 6.68. The van der Waals surface area contributed by atoms with Gasteiger partial charge in [-0.05, 0) is 13.5 Å². The molecule has 0 saturated heterocycles. The lowest BCUT2D eigenvalue weighted by molar-refractivity contribution is -0.121. The fraction of sp³-hybridized carbons (Fsp3) is 0.857. The normalized spacial score (nSPS) is 13.0. The van der Waals surface area contributed by atoms with Gasteiger partial charge in [-0.3, -0.25) is 4.79 Å². The molecule has 0 aromatic carbocycles. The molecule has 0 fully saturated rings. The molecule has 0 heterocycles. The summed E-state index contributed by atoms with van der Waals surface area (Å²) in [6, 6.07) is 0. The van der Waals surface area contributed by atoms with Crippen LogP contribution < -0.4 is 11.1 Å². The van der Waals surface area contributed by atoms with E-state index in [1.165, 1.54) is 0 Å². The van der Waals surface area contributed by atoms with Crippen LogP contribution in [0.2, 0.25) is 0 Å². The van der Waals surface area contributed by atoms with Gasteiger partial charge >= 0.3 is 0 Å². The van der Waals surface area contributed by atoms with Gasteiger partial charge in [-0.2, -0.15) is 0 Å². The van der Waals surface area contributed by atoms with E-state index in [2.05, 4.69) is 5.32 Å². The van der Waals surface area contributed by atoms with Crippen molar-refractivity contribution in [2.24, 2.45) is 11.7 Å². The van der Waals surface area contributed by atoms with E-state index >= 15 is 0 Å². The van der Waals surface area contributed by atoms with E-state index in [1.54, 1.807) is 0 Å². The number of carbonyl (C=O) groups excluding carboxylic acids is 1. The smallest absolute Gasteiger partial charge is 0.221 e. The summed E-state index contributed by atoms with van der Waals surface area (Å²) in [5, 5.41) is 2.93. The van der Waals surface area contributed by atoms with Gasteiger partial charge in [-0.15, -0.1) is 0 Å². The summed E-state index contributed by atoms with van der Waals surface area (Å²) >= 11 is 0. The second-order valence-corrected chi connectivity index (χ2v) is 2.45. The molecule has 1 amide bonds. The Morgan fingerprint density at radius 3 is 2.60 bits per heavy atom. The first-order valence-electron chi connectivity index (χ1n) is 3.66. The molecule has 0 bridgehead atoms. The van der Waals surface area contributed by atoms with E-state index in [9.17, 15) is 4.79 Å². The van der Waals surface area contributed by atoms with Crippen molar-refractivity contribution in [1.82, 2.24) is 5.32 Å². The second kappa shape index (κ2) is 5.23. The summed E-state index contributed by atoms with van der Waals surface area (Å²) < 4.78 is 0. The van der Waals surface area contributed by atoms with Gasteiger partial charge < -0.3 is 11.1 Å². The largest absolute Gasteiger partial charge is 0.369 e. The second-order valence-electron chi connectivity index (χ2n) is 2.45. The summed E-state index contributed by atoms with van der Waals surface area (Å²) in [5.74, 6) is -0.189. The summed E-state index contributed by atoms with van der Waals surface area (Å²) in [6.07, 6.45) is 1.89. The summed E-state index contributed by atoms with van der Waals surface area (Å²) in [4.78, 5) is 10.7. The molecule has 1 atom stereocenters. The molecule has 0 saturated carbocycles. The van der Waals surface area contributed by atoms with Gasteiger partial charge in [0.05, 0.1) is 5.92 Å². The van der Waals surface area contributed by atoms with Gasteiger partial charge in [-0.25, -0.2) is 0 Å². The first-order chi connectivity index (χ1) is 4.72. The molecule has 3 N–H and O–H groups in total. The van der Waals surface area contributed by atoms with Crippen LogP contribution in [0.1, 0.15) is 19.8 Å². The van der Waals surface area contributed by atoms with Crippen LogP contribution in [-0.2, 0) is 4.79 Å². The highest BCUT2D eigenvalue weighted by molar-refractivity contribution is 5.76. The van der Waals surface area contributed by atoms with Crippen LogP contribution in [-0.4, -0.2) is 19.5 Å². The SMILES string of the molecule is CCCC(CNC)C(N)=O. The maximum atomic E-state index is 10.7. The Kier molecular flexibility index (Phi) is 4.94. The van der Waals surface area contributed by atoms with Crippen molar-refractivity contribution in [3.8, 4) is 0 Å². The Labute approximate surface area is 62.0 Å². The van der Waals surface area contributed by atoms with Gasteiger partial charge in [0.25, 0.3) is 0 Å². The standard InChI is InChI=1S/C7H16N2O/c1-3-4-6(5-9-2)7(8)10/h6,9H,3-5H2,1-2H3,(H2,8,10). The molecule has 1 unspecified atom stereocenters. The molecular weight excluding hydrogens is 128 g/mol. The van der Waals surface area contributed by atoms with Crippen molar-refractivity contribution in [2.45, 2.75) is 19.8 Å². The highest BCUT2D eigenvalue weighted by Crippen LogP contribution is 2.02. The zero-order chi connectivity index (χ0) is 7.98. The van der Waals surface area contributed by atoms with Crippen LogP contribution in [0.25, 0.3) is 0 Å². The molecule has 3 heteroatoms. The average Bonchev–Trinajstić information content (AvgIpc) is 1.87. The minimum atomic E-state index is -0.198. The maximum absolute atomic E-state index is 10.7. The van der Waals surface area contributed by atoms with E-state index < -0.39 is 0 Å². The molecule has 0 rings (SSSR count). The number of carbonyl (C=O) groups is 1. The third kappa shape index (κ3) is 3.45. The van der Waals surface area contributed by atoms with E-state index in [-0.39, 0.29) is 11.8 Å². The summed E-state index contributed by atoms with van der Waals surface area (Å²) in [7, 11) is 1.82. The fourth-order valence-electron chi connectivity index (χ4n) is 0.940. The number of hydrogen-bond donors (Lipinski definition) is 2. The molecule has 0 radical (unpaired) electrons. The van der Waals surface area contributed by atoms with Crippen molar-refractivity contribution in [3.05, 3.63) is 0 Å². The van der Waals surface area contributed by atoms with Crippen LogP contribution in [0.5, 0.6) is 0 Å². The fourth-order valence-corrected chi connectivity index (χ4v) is 0.940. The molecule has 3 nitrogen and oxygen atoms in total. The van der Waals surface area contributed by atoms with Crippen molar-refractivity contribution in [3.63, 3.8) is 0 Å². The van der Waals surface area contributed by atoms with Crippen LogP contribution in [0, 0.1) is 5.92 Å².